The van der Waals surface area contributed by atoms with Gasteiger partial charge < -0.3 is 16.2 Å². The van der Waals surface area contributed by atoms with E-state index in [2.05, 4.69) is 5.32 Å². The van der Waals surface area contributed by atoms with Crippen LogP contribution in [0.1, 0.15) is 20.3 Å². The second kappa shape index (κ2) is 4.71. The van der Waals surface area contributed by atoms with Gasteiger partial charge in [-0.3, -0.25) is 9.59 Å². The lowest BCUT2D eigenvalue weighted by molar-refractivity contribution is -0.141. The van der Waals surface area contributed by atoms with Crippen molar-refractivity contribution >= 4 is 11.9 Å². The summed E-state index contributed by atoms with van der Waals surface area (Å²) in [5.74, 6) is -1.38. The van der Waals surface area contributed by atoms with Crippen LogP contribution in [0.5, 0.6) is 0 Å². The molecule has 0 aliphatic heterocycles. The van der Waals surface area contributed by atoms with Crippen molar-refractivity contribution in [3.63, 3.8) is 0 Å². The van der Waals surface area contributed by atoms with E-state index < -0.39 is 12.0 Å². The largest absolute Gasteiger partial charge is 0.480 e. The first kappa shape index (κ1) is 10.9. The molecular weight excluding hydrogens is 160 g/mol. The van der Waals surface area contributed by atoms with E-state index in [-0.39, 0.29) is 18.4 Å². The minimum absolute atomic E-state index is 0.150. The molecule has 0 aromatic heterocycles. The Morgan fingerprint density at radius 1 is 1.50 bits per heavy atom. The van der Waals surface area contributed by atoms with Crippen molar-refractivity contribution in [1.29, 1.82) is 0 Å². The van der Waals surface area contributed by atoms with Crippen LogP contribution in [0.15, 0.2) is 0 Å². The van der Waals surface area contributed by atoms with Gasteiger partial charge in [0.1, 0.15) is 6.04 Å². The van der Waals surface area contributed by atoms with Crippen LogP contribution in [0.4, 0.5) is 0 Å². The van der Waals surface area contributed by atoms with Crippen molar-refractivity contribution in [1.82, 2.24) is 5.32 Å². The summed E-state index contributed by atoms with van der Waals surface area (Å²) in [7, 11) is 0. The number of hydrogen-bond donors (Lipinski definition) is 3. The first-order valence-electron chi connectivity index (χ1n) is 3.71. The third-order valence-corrected chi connectivity index (χ3v) is 1.26. The summed E-state index contributed by atoms with van der Waals surface area (Å²) in [6.45, 7) is 3.09. The summed E-state index contributed by atoms with van der Waals surface area (Å²) >= 11 is 0. The first-order valence-corrected chi connectivity index (χ1v) is 3.71. The van der Waals surface area contributed by atoms with Gasteiger partial charge in [-0.2, -0.15) is 0 Å². The standard InChI is InChI=1S/C7H14N2O3/c1-4(8)3-6(10)9-5(2)7(11)12/h4-5H,3,8H2,1-2H3,(H,9,10)(H,11,12). The Morgan fingerprint density at radius 2 is 2.00 bits per heavy atom. The molecule has 0 saturated carbocycles. The van der Waals surface area contributed by atoms with Gasteiger partial charge in [-0.15, -0.1) is 0 Å². The molecule has 0 aromatic carbocycles. The van der Waals surface area contributed by atoms with E-state index in [0.29, 0.717) is 0 Å². The Hall–Kier alpha value is -1.10. The van der Waals surface area contributed by atoms with Gasteiger partial charge in [0.05, 0.1) is 0 Å². The molecular formula is C7H14N2O3. The van der Waals surface area contributed by atoms with Gasteiger partial charge in [0.15, 0.2) is 0 Å². The van der Waals surface area contributed by atoms with Crippen molar-refractivity contribution in [3.8, 4) is 0 Å². The molecule has 0 rings (SSSR count). The van der Waals surface area contributed by atoms with Crippen LogP contribution in [-0.4, -0.2) is 29.1 Å². The second-order valence-electron chi connectivity index (χ2n) is 2.81. The molecule has 4 N–H and O–H groups in total. The highest BCUT2D eigenvalue weighted by molar-refractivity contribution is 5.83. The molecule has 12 heavy (non-hydrogen) atoms. The summed E-state index contributed by atoms with van der Waals surface area (Å²) in [5, 5.41) is 10.7. The van der Waals surface area contributed by atoms with Gasteiger partial charge in [0, 0.05) is 12.5 Å². The van der Waals surface area contributed by atoms with Gasteiger partial charge in [0.2, 0.25) is 5.91 Å². The quantitative estimate of drug-likeness (QED) is 0.526. The Labute approximate surface area is 70.9 Å². The van der Waals surface area contributed by atoms with Crippen LogP contribution in [0.3, 0.4) is 0 Å². The number of amides is 1. The van der Waals surface area contributed by atoms with Gasteiger partial charge >= 0.3 is 5.97 Å². The minimum Gasteiger partial charge on any atom is -0.480 e. The number of hydrogen-bond acceptors (Lipinski definition) is 3. The Balaban J connectivity index is 3.77. The summed E-state index contributed by atoms with van der Waals surface area (Å²) in [6.07, 6.45) is 0.150. The smallest absolute Gasteiger partial charge is 0.325 e. The molecule has 0 aliphatic carbocycles. The van der Waals surface area contributed by atoms with Gasteiger partial charge in [-0.1, -0.05) is 0 Å². The third-order valence-electron chi connectivity index (χ3n) is 1.26. The van der Waals surface area contributed by atoms with E-state index in [1.54, 1.807) is 6.92 Å². The van der Waals surface area contributed by atoms with Crippen LogP contribution in [-0.2, 0) is 9.59 Å². The number of carbonyl (C=O) groups is 2. The maximum Gasteiger partial charge on any atom is 0.325 e. The van der Waals surface area contributed by atoms with Crippen molar-refractivity contribution in [2.75, 3.05) is 0 Å². The van der Waals surface area contributed by atoms with Gasteiger partial charge in [-0.25, -0.2) is 0 Å². The summed E-state index contributed by atoms with van der Waals surface area (Å²) in [6, 6.07) is -1.10. The third kappa shape index (κ3) is 4.68. The van der Waals surface area contributed by atoms with Gasteiger partial charge in [-0.05, 0) is 13.8 Å². The van der Waals surface area contributed by atoms with Crippen LogP contribution in [0.2, 0.25) is 0 Å². The van der Waals surface area contributed by atoms with E-state index in [1.165, 1.54) is 6.92 Å². The molecule has 5 nitrogen and oxygen atoms in total. The first-order chi connectivity index (χ1) is 5.43. The second-order valence-corrected chi connectivity index (χ2v) is 2.81. The minimum atomic E-state index is -1.05. The molecule has 0 aromatic rings. The zero-order chi connectivity index (χ0) is 9.72. The normalized spacial score (nSPS) is 14.9. The van der Waals surface area contributed by atoms with Crippen molar-refractivity contribution in [3.05, 3.63) is 0 Å². The molecule has 0 spiro atoms. The summed E-state index contributed by atoms with van der Waals surface area (Å²) in [5.41, 5.74) is 5.34. The molecule has 70 valence electrons. The molecule has 2 unspecified atom stereocenters. The van der Waals surface area contributed by atoms with E-state index in [1.807, 2.05) is 0 Å². The monoisotopic (exact) mass is 174 g/mol. The van der Waals surface area contributed by atoms with E-state index in [4.69, 9.17) is 10.8 Å². The fourth-order valence-electron chi connectivity index (χ4n) is 0.655. The molecule has 0 saturated heterocycles. The highest BCUT2D eigenvalue weighted by Gasteiger charge is 2.14. The van der Waals surface area contributed by atoms with Gasteiger partial charge in [0.25, 0.3) is 0 Å². The van der Waals surface area contributed by atoms with Crippen LogP contribution >= 0.6 is 0 Å². The van der Waals surface area contributed by atoms with Crippen LogP contribution in [0, 0.1) is 0 Å². The SMILES string of the molecule is CC(N)CC(=O)NC(C)C(=O)O. The molecule has 2 atom stereocenters. The Bertz CT molecular complexity index is 179. The highest BCUT2D eigenvalue weighted by Crippen LogP contribution is 1.88. The molecule has 5 heteroatoms. The van der Waals surface area contributed by atoms with Crippen LogP contribution in [0.25, 0.3) is 0 Å². The topological polar surface area (TPSA) is 92.4 Å². The number of nitrogens with two attached hydrogens (primary N) is 1. The maximum absolute atomic E-state index is 10.9. The molecule has 0 heterocycles. The molecule has 1 amide bonds. The fraction of sp³-hybridized carbons (Fsp3) is 0.714. The lowest BCUT2D eigenvalue weighted by Gasteiger charge is -2.10. The van der Waals surface area contributed by atoms with Crippen molar-refractivity contribution in [2.24, 2.45) is 5.73 Å². The highest BCUT2D eigenvalue weighted by atomic mass is 16.4. The summed E-state index contributed by atoms with van der Waals surface area (Å²) in [4.78, 5) is 21.2. The number of aliphatic carboxylic acids is 1. The number of carboxylic acid groups (broad SMARTS) is 1. The zero-order valence-corrected chi connectivity index (χ0v) is 7.20. The predicted octanol–water partition coefficient (Wildman–Crippen LogP) is -0.687. The van der Waals surface area contributed by atoms with E-state index in [0.717, 1.165) is 0 Å². The predicted molar refractivity (Wildman–Crippen MR) is 43.5 cm³/mol. The van der Waals surface area contributed by atoms with Crippen LogP contribution < -0.4 is 11.1 Å². The molecule has 0 radical (unpaired) electrons. The number of carboxylic acids is 1. The molecule has 0 aliphatic rings. The summed E-state index contributed by atoms with van der Waals surface area (Å²) < 4.78 is 0. The maximum atomic E-state index is 10.9. The molecule has 0 fully saturated rings. The lowest BCUT2D eigenvalue weighted by atomic mass is 10.2. The average molecular weight is 174 g/mol. The lowest BCUT2D eigenvalue weighted by Crippen LogP contribution is -2.40. The number of carbonyl (C=O) groups excluding carboxylic acids is 1. The molecule has 0 bridgehead atoms. The zero-order valence-electron chi connectivity index (χ0n) is 7.20. The number of nitrogens with one attached hydrogen (secondary N) is 1. The Kier molecular flexibility index (Phi) is 4.28. The van der Waals surface area contributed by atoms with Crippen molar-refractivity contribution in [2.45, 2.75) is 32.4 Å². The Morgan fingerprint density at radius 3 is 2.33 bits per heavy atom. The average Bonchev–Trinajstić information content (AvgIpc) is 1.84. The van der Waals surface area contributed by atoms with E-state index >= 15 is 0 Å². The van der Waals surface area contributed by atoms with Crippen molar-refractivity contribution < 1.29 is 14.7 Å². The van der Waals surface area contributed by atoms with E-state index in [9.17, 15) is 9.59 Å². The number of rotatable bonds is 4. The fourth-order valence-corrected chi connectivity index (χ4v) is 0.655.